The van der Waals surface area contributed by atoms with E-state index in [2.05, 4.69) is 0 Å². The van der Waals surface area contributed by atoms with Gasteiger partial charge in [-0.2, -0.15) is 13.2 Å². The van der Waals surface area contributed by atoms with Crippen LogP contribution in [0.4, 0.5) is 13.2 Å². The maximum Gasteiger partial charge on any atom is 0.417 e. The smallest absolute Gasteiger partial charge is 0.417 e. The largest absolute Gasteiger partial charge is 0.480 e. The molecule has 8 heteroatoms. The monoisotopic (exact) mass is 256 g/mol. The molecule has 0 aromatic heterocycles. The minimum atomic E-state index is -4.98. The Morgan fingerprint density at radius 3 is 2.12 bits per heavy atom. The molecule has 100 valence electrons. The molecule has 0 aliphatic carbocycles. The van der Waals surface area contributed by atoms with E-state index in [-0.39, 0.29) is 0 Å². The number of nitrogens with one attached hydrogen (secondary N) is 1. The number of amides is 1. The van der Waals surface area contributed by atoms with Gasteiger partial charge in [0.2, 0.25) is 11.4 Å². The molecule has 1 atom stereocenters. The Morgan fingerprint density at radius 1 is 1.35 bits per heavy atom. The van der Waals surface area contributed by atoms with Crippen molar-refractivity contribution in [3.05, 3.63) is 0 Å². The number of carboxylic acids is 1. The molecule has 0 aromatic carbocycles. The highest BCUT2D eigenvalue weighted by atomic mass is 19.4. The van der Waals surface area contributed by atoms with Gasteiger partial charge >= 0.3 is 12.1 Å². The van der Waals surface area contributed by atoms with Crippen LogP contribution in [0.1, 0.15) is 13.8 Å². The summed E-state index contributed by atoms with van der Waals surface area (Å²) in [6.45, 7) is 1.77. The van der Waals surface area contributed by atoms with Gasteiger partial charge in [0.1, 0.15) is 0 Å². The molecule has 17 heavy (non-hydrogen) atoms. The Morgan fingerprint density at radius 2 is 1.82 bits per heavy atom. The van der Waals surface area contributed by atoms with E-state index in [1.54, 1.807) is 12.2 Å². The fourth-order valence-corrected chi connectivity index (χ4v) is 0.861. The van der Waals surface area contributed by atoms with Crippen LogP contribution in [0.5, 0.6) is 0 Å². The Balaban J connectivity index is 4.72. The SMILES string of the molecule is CCN(C)C(=O)CNC(C)(C(=O)O)C(F)(F)F. The molecular weight excluding hydrogens is 241 g/mol. The van der Waals surface area contributed by atoms with E-state index in [4.69, 9.17) is 5.11 Å². The molecule has 0 radical (unpaired) electrons. The van der Waals surface area contributed by atoms with E-state index in [0.29, 0.717) is 13.5 Å². The number of hydrogen-bond acceptors (Lipinski definition) is 3. The van der Waals surface area contributed by atoms with Gasteiger partial charge in [0.05, 0.1) is 6.54 Å². The first-order chi connectivity index (χ1) is 7.56. The fourth-order valence-electron chi connectivity index (χ4n) is 0.861. The minimum Gasteiger partial charge on any atom is -0.480 e. The normalized spacial score (nSPS) is 15.2. The first-order valence-electron chi connectivity index (χ1n) is 4.85. The van der Waals surface area contributed by atoms with Crippen molar-refractivity contribution >= 4 is 11.9 Å². The maximum atomic E-state index is 12.5. The minimum absolute atomic E-state index is 0.330. The summed E-state index contributed by atoms with van der Waals surface area (Å²) >= 11 is 0. The number of carbonyl (C=O) groups excluding carboxylic acids is 1. The number of rotatable bonds is 5. The highest BCUT2D eigenvalue weighted by molar-refractivity contribution is 5.82. The zero-order valence-corrected chi connectivity index (χ0v) is 9.76. The highest BCUT2D eigenvalue weighted by Crippen LogP contribution is 2.30. The van der Waals surface area contributed by atoms with Gasteiger partial charge in [0.15, 0.2) is 0 Å². The summed E-state index contributed by atoms with van der Waals surface area (Å²) in [6.07, 6.45) is -4.98. The second-order valence-corrected chi connectivity index (χ2v) is 3.69. The molecule has 5 nitrogen and oxygen atoms in total. The third kappa shape index (κ3) is 3.58. The van der Waals surface area contributed by atoms with Crippen molar-refractivity contribution in [2.75, 3.05) is 20.1 Å². The second-order valence-electron chi connectivity index (χ2n) is 3.69. The van der Waals surface area contributed by atoms with E-state index in [1.807, 2.05) is 0 Å². The average molecular weight is 256 g/mol. The second kappa shape index (κ2) is 5.35. The summed E-state index contributed by atoms with van der Waals surface area (Å²) in [7, 11) is 1.41. The zero-order chi connectivity index (χ0) is 13.9. The maximum absolute atomic E-state index is 12.5. The van der Waals surface area contributed by atoms with E-state index in [0.717, 1.165) is 0 Å². The molecule has 0 heterocycles. The number of nitrogens with zero attached hydrogens (tertiary/aromatic N) is 1. The van der Waals surface area contributed by atoms with Gasteiger partial charge in [-0.3, -0.25) is 10.1 Å². The molecule has 1 unspecified atom stereocenters. The lowest BCUT2D eigenvalue weighted by Gasteiger charge is -2.29. The molecule has 2 N–H and O–H groups in total. The first-order valence-corrected chi connectivity index (χ1v) is 4.85. The number of alkyl halides is 3. The van der Waals surface area contributed by atoms with E-state index < -0.39 is 30.1 Å². The van der Waals surface area contributed by atoms with Crippen molar-refractivity contribution in [3.8, 4) is 0 Å². The predicted molar refractivity (Wildman–Crippen MR) is 53.4 cm³/mol. The lowest BCUT2D eigenvalue weighted by molar-refractivity contribution is -0.205. The average Bonchev–Trinajstić information content (AvgIpc) is 2.22. The van der Waals surface area contributed by atoms with Gasteiger partial charge in [0, 0.05) is 13.6 Å². The first kappa shape index (κ1) is 15.7. The van der Waals surface area contributed by atoms with Crippen LogP contribution in [0.15, 0.2) is 0 Å². The fraction of sp³-hybridized carbons (Fsp3) is 0.778. The van der Waals surface area contributed by atoms with E-state index >= 15 is 0 Å². The third-order valence-corrected chi connectivity index (χ3v) is 2.49. The Bertz CT molecular complexity index is 306. The van der Waals surface area contributed by atoms with Crippen LogP contribution in [-0.4, -0.2) is 53.7 Å². The molecule has 0 rings (SSSR count). The number of carbonyl (C=O) groups is 2. The summed E-state index contributed by atoms with van der Waals surface area (Å²) in [5, 5.41) is 10.3. The van der Waals surface area contributed by atoms with Gasteiger partial charge in [0.25, 0.3) is 0 Å². The van der Waals surface area contributed by atoms with Gasteiger partial charge in [-0.05, 0) is 13.8 Å². The van der Waals surface area contributed by atoms with Crippen LogP contribution < -0.4 is 5.32 Å². The van der Waals surface area contributed by atoms with Crippen LogP contribution in [0, 0.1) is 0 Å². The Kier molecular flexibility index (Phi) is 4.94. The lowest BCUT2D eigenvalue weighted by atomic mass is 10.0. The number of likely N-dealkylation sites (N-methyl/N-ethyl adjacent to an activating group) is 1. The van der Waals surface area contributed by atoms with Crippen molar-refractivity contribution in [3.63, 3.8) is 0 Å². The van der Waals surface area contributed by atoms with Crippen molar-refractivity contribution in [2.24, 2.45) is 0 Å². The highest BCUT2D eigenvalue weighted by Gasteiger charge is 2.57. The van der Waals surface area contributed by atoms with Crippen LogP contribution in [-0.2, 0) is 9.59 Å². The van der Waals surface area contributed by atoms with Gasteiger partial charge in [-0.15, -0.1) is 0 Å². The molecule has 0 saturated heterocycles. The lowest BCUT2D eigenvalue weighted by Crippen LogP contribution is -2.61. The molecular formula is C9H15F3N2O3. The Hall–Kier alpha value is -1.31. The van der Waals surface area contributed by atoms with Crippen LogP contribution in [0.2, 0.25) is 0 Å². The van der Waals surface area contributed by atoms with Crippen molar-refractivity contribution in [1.29, 1.82) is 0 Å². The van der Waals surface area contributed by atoms with Crippen LogP contribution in [0.3, 0.4) is 0 Å². The topological polar surface area (TPSA) is 69.6 Å². The summed E-state index contributed by atoms with van der Waals surface area (Å²) in [5.41, 5.74) is -3.13. The number of aliphatic carboxylic acids is 1. The summed E-state index contributed by atoms with van der Waals surface area (Å²) in [5.74, 6) is -2.68. The molecule has 0 bridgehead atoms. The summed E-state index contributed by atoms with van der Waals surface area (Å²) in [4.78, 5) is 23.1. The van der Waals surface area contributed by atoms with Gasteiger partial charge < -0.3 is 10.0 Å². The Labute approximate surface area is 96.6 Å². The molecule has 1 amide bonds. The van der Waals surface area contributed by atoms with Gasteiger partial charge in [-0.1, -0.05) is 0 Å². The van der Waals surface area contributed by atoms with Crippen molar-refractivity contribution in [1.82, 2.24) is 10.2 Å². The molecule has 0 aromatic rings. The molecule has 0 aliphatic rings. The number of carboxylic acid groups (broad SMARTS) is 1. The molecule has 0 saturated carbocycles. The quantitative estimate of drug-likeness (QED) is 0.749. The summed E-state index contributed by atoms with van der Waals surface area (Å²) in [6, 6.07) is 0. The van der Waals surface area contributed by atoms with E-state index in [1.165, 1.54) is 11.9 Å². The number of halogens is 3. The summed E-state index contributed by atoms with van der Waals surface area (Å²) < 4.78 is 37.6. The number of hydrogen-bond donors (Lipinski definition) is 2. The molecule has 0 aliphatic heterocycles. The third-order valence-electron chi connectivity index (χ3n) is 2.49. The van der Waals surface area contributed by atoms with Crippen LogP contribution >= 0.6 is 0 Å². The van der Waals surface area contributed by atoms with Crippen molar-refractivity contribution < 1.29 is 27.9 Å². The molecule has 0 spiro atoms. The zero-order valence-electron chi connectivity index (χ0n) is 9.76. The molecule has 0 fully saturated rings. The van der Waals surface area contributed by atoms with Crippen molar-refractivity contribution in [2.45, 2.75) is 25.6 Å². The van der Waals surface area contributed by atoms with Crippen LogP contribution in [0.25, 0.3) is 0 Å². The predicted octanol–water partition coefficient (Wildman–Crippen LogP) is 0.460. The standard InChI is InChI=1S/C9H15F3N2O3/c1-4-14(3)6(15)5-13-8(2,7(16)17)9(10,11)12/h13H,4-5H2,1-3H3,(H,16,17). The van der Waals surface area contributed by atoms with Gasteiger partial charge in [-0.25, -0.2) is 4.79 Å². The van der Waals surface area contributed by atoms with E-state index in [9.17, 15) is 22.8 Å².